The average molecular weight is 337 g/mol. The highest BCUT2D eigenvalue weighted by molar-refractivity contribution is 5.85. The lowest BCUT2D eigenvalue weighted by Crippen LogP contribution is -2.38. The van der Waals surface area contributed by atoms with Crippen molar-refractivity contribution in [3.8, 4) is 0 Å². The van der Waals surface area contributed by atoms with Gasteiger partial charge in [-0.1, -0.05) is 6.07 Å². The summed E-state index contributed by atoms with van der Waals surface area (Å²) in [6.07, 6.45) is 4.90. The summed E-state index contributed by atoms with van der Waals surface area (Å²) < 4.78 is 0. The molecule has 1 unspecified atom stereocenters. The molecular weight excluding hydrogens is 314 g/mol. The van der Waals surface area contributed by atoms with E-state index in [1.54, 1.807) is 0 Å². The molecule has 2 amide bonds. The molecular formula is C19H23N5O. The van der Waals surface area contributed by atoms with E-state index in [1.807, 2.05) is 12.3 Å². The van der Waals surface area contributed by atoms with E-state index in [9.17, 15) is 4.79 Å². The predicted octanol–water partition coefficient (Wildman–Crippen LogP) is 3.38. The van der Waals surface area contributed by atoms with Gasteiger partial charge < -0.3 is 15.6 Å². The molecule has 1 aromatic carbocycles. The Hall–Kier alpha value is -2.76. The van der Waals surface area contributed by atoms with Crippen LogP contribution in [0.3, 0.4) is 0 Å². The van der Waals surface area contributed by atoms with Crippen molar-refractivity contribution in [3.05, 3.63) is 52.5 Å². The minimum absolute atomic E-state index is 0.0169. The second kappa shape index (κ2) is 6.27. The fourth-order valence-corrected chi connectivity index (χ4v) is 3.62. The molecule has 1 atom stereocenters. The molecule has 6 heteroatoms. The van der Waals surface area contributed by atoms with Crippen molar-refractivity contribution >= 4 is 16.9 Å². The molecule has 3 aromatic rings. The number of amides is 2. The topological polar surface area (TPSA) is 85.6 Å². The number of aromatic amines is 2. The summed E-state index contributed by atoms with van der Waals surface area (Å²) in [6.45, 7) is 4.70. The van der Waals surface area contributed by atoms with E-state index in [4.69, 9.17) is 0 Å². The van der Waals surface area contributed by atoms with Gasteiger partial charge in [-0.3, -0.25) is 5.10 Å². The van der Waals surface area contributed by atoms with Gasteiger partial charge in [0.25, 0.3) is 0 Å². The number of fused-ring (bicyclic) bond motifs is 2. The van der Waals surface area contributed by atoms with Crippen LogP contribution in [0, 0.1) is 13.8 Å². The first-order valence-corrected chi connectivity index (χ1v) is 8.76. The Kier molecular flexibility index (Phi) is 3.95. The van der Waals surface area contributed by atoms with Crippen LogP contribution >= 0.6 is 0 Å². The van der Waals surface area contributed by atoms with Gasteiger partial charge in [0, 0.05) is 23.1 Å². The maximum Gasteiger partial charge on any atom is 0.315 e. The molecule has 4 N–H and O–H groups in total. The maximum atomic E-state index is 12.3. The summed E-state index contributed by atoms with van der Waals surface area (Å²) in [5, 5.41) is 14.4. The van der Waals surface area contributed by atoms with E-state index in [0.29, 0.717) is 6.54 Å². The van der Waals surface area contributed by atoms with E-state index >= 15 is 0 Å². The summed E-state index contributed by atoms with van der Waals surface area (Å²) in [5.41, 5.74) is 6.93. The first-order chi connectivity index (χ1) is 12.1. The van der Waals surface area contributed by atoms with Gasteiger partial charge in [-0.05, 0) is 61.9 Å². The average Bonchev–Trinajstić information content (AvgIpc) is 3.19. The Labute approximate surface area is 146 Å². The lowest BCUT2D eigenvalue weighted by Gasteiger charge is -2.23. The standard InChI is InChI=1S/C19H23N5O/c1-11-12(2)22-16-7-6-13(8-15(11)16)9-20-19(25)23-17-5-3-4-14-10-21-24-18(14)17/h6-8,10,17,22H,3-5,9H2,1-2H3,(H,21,24)(H2,20,23,25). The van der Waals surface area contributed by atoms with Gasteiger partial charge in [0.05, 0.1) is 17.9 Å². The number of rotatable bonds is 3. The monoisotopic (exact) mass is 337 g/mol. The molecule has 130 valence electrons. The summed E-state index contributed by atoms with van der Waals surface area (Å²) in [6, 6.07) is 6.13. The molecule has 0 bridgehead atoms. The van der Waals surface area contributed by atoms with Crippen LogP contribution in [0.2, 0.25) is 0 Å². The van der Waals surface area contributed by atoms with Gasteiger partial charge in [-0.25, -0.2) is 4.79 Å². The van der Waals surface area contributed by atoms with Crippen molar-refractivity contribution < 1.29 is 4.79 Å². The molecule has 0 saturated carbocycles. The number of nitrogens with zero attached hydrogens (tertiary/aromatic N) is 1. The van der Waals surface area contributed by atoms with E-state index in [1.165, 1.54) is 22.2 Å². The molecule has 4 rings (SSSR count). The zero-order valence-electron chi connectivity index (χ0n) is 14.6. The third-order valence-electron chi connectivity index (χ3n) is 5.17. The first kappa shape index (κ1) is 15.7. The molecule has 0 fully saturated rings. The third-order valence-corrected chi connectivity index (χ3v) is 5.17. The number of urea groups is 1. The highest BCUT2D eigenvalue weighted by Gasteiger charge is 2.23. The molecule has 6 nitrogen and oxygen atoms in total. The fraction of sp³-hybridized carbons (Fsp3) is 0.368. The van der Waals surface area contributed by atoms with Crippen molar-refractivity contribution in [2.45, 2.75) is 45.7 Å². The number of aryl methyl sites for hydroxylation is 3. The SMILES string of the molecule is Cc1[nH]c2ccc(CNC(=O)NC3CCCc4cn[nH]c43)cc2c1C. The molecule has 2 aromatic heterocycles. The number of hydrogen-bond donors (Lipinski definition) is 4. The van der Waals surface area contributed by atoms with E-state index in [0.717, 1.165) is 36.0 Å². The van der Waals surface area contributed by atoms with Crippen LogP contribution in [0.1, 0.15) is 47.0 Å². The summed E-state index contributed by atoms with van der Waals surface area (Å²) >= 11 is 0. The van der Waals surface area contributed by atoms with E-state index in [2.05, 4.69) is 51.8 Å². The minimum Gasteiger partial charge on any atom is -0.358 e. The number of benzene rings is 1. The first-order valence-electron chi connectivity index (χ1n) is 8.76. The quantitative estimate of drug-likeness (QED) is 0.590. The van der Waals surface area contributed by atoms with Gasteiger partial charge in [0.1, 0.15) is 0 Å². The lowest BCUT2D eigenvalue weighted by molar-refractivity contribution is 0.235. The highest BCUT2D eigenvalue weighted by atomic mass is 16.2. The summed E-state index contributed by atoms with van der Waals surface area (Å²) in [7, 11) is 0. The Balaban J connectivity index is 1.40. The van der Waals surface area contributed by atoms with Gasteiger partial charge in [-0.2, -0.15) is 5.10 Å². The molecule has 2 heterocycles. The van der Waals surface area contributed by atoms with Crippen molar-refractivity contribution in [2.24, 2.45) is 0 Å². The van der Waals surface area contributed by atoms with Gasteiger partial charge >= 0.3 is 6.03 Å². The van der Waals surface area contributed by atoms with Crippen LogP contribution in [0.4, 0.5) is 4.79 Å². The Bertz CT molecular complexity index is 923. The number of hydrogen-bond acceptors (Lipinski definition) is 2. The molecule has 0 radical (unpaired) electrons. The zero-order chi connectivity index (χ0) is 17.4. The van der Waals surface area contributed by atoms with Crippen molar-refractivity contribution in [2.75, 3.05) is 0 Å². The van der Waals surface area contributed by atoms with Crippen molar-refractivity contribution in [1.29, 1.82) is 0 Å². The summed E-state index contributed by atoms with van der Waals surface area (Å²) in [4.78, 5) is 15.7. The molecule has 0 spiro atoms. The summed E-state index contributed by atoms with van der Waals surface area (Å²) in [5.74, 6) is 0. The van der Waals surface area contributed by atoms with Crippen molar-refractivity contribution in [1.82, 2.24) is 25.8 Å². The Morgan fingerprint density at radius 3 is 3.12 bits per heavy atom. The van der Waals surface area contributed by atoms with E-state index < -0.39 is 0 Å². The number of nitrogens with one attached hydrogen (secondary N) is 4. The third kappa shape index (κ3) is 2.99. The molecule has 1 aliphatic carbocycles. The van der Waals surface area contributed by atoms with Crippen molar-refractivity contribution in [3.63, 3.8) is 0 Å². The van der Waals surface area contributed by atoms with Gasteiger partial charge in [0.15, 0.2) is 0 Å². The van der Waals surface area contributed by atoms with Gasteiger partial charge in [0.2, 0.25) is 0 Å². The largest absolute Gasteiger partial charge is 0.358 e. The molecule has 0 aliphatic heterocycles. The van der Waals surface area contributed by atoms with Crippen LogP contribution in [0.5, 0.6) is 0 Å². The second-order valence-electron chi connectivity index (χ2n) is 6.84. The van der Waals surface area contributed by atoms with Crippen LogP contribution in [-0.4, -0.2) is 21.2 Å². The van der Waals surface area contributed by atoms with Crippen LogP contribution in [0.25, 0.3) is 10.9 Å². The number of carbonyl (C=O) groups is 1. The second-order valence-corrected chi connectivity index (χ2v) is 6.84. The Morgan fingerprint density at radius 1 is 1.36 bits per heavy atom. The highest BCUT2D eigenvalue weighted by Crippen LogP contribution is 2.27. The predicted molar refractivity (Wildman–Crippen MR) is 97.4 cm³/mol. The Morgan fingerprint density at radius 2 is 2.24 bits per heavy atom. The smallest absolute Gasteiger partial charge is 0.315 e. The van der Waals surface area contributed by atoms with Crippen LogP contribution < -0.4 is 10.6 Å². The molecule has 25 heavy (non-hydrogen) atoms. The van der Waals surface area contributed by atoms with E-state index in [-0.39, 0.29) is 12.1 Å². The number of carbonyl (C=O) groups excluding carboxylic acids is 1. The van der Waals surface area contributed by atoms with Gasteiger partial charge in [-0.15, -0.1) is 0 Å². The minimum atomic E-state index is -0.144. The van der Waals surface area contributed by atoms with Crippen LogP contribution in [0.15, 0.2) is 24.4 Å². The number of aromatic nitrogens is 3. The zero-order valence-corrected chi connectivity index (χ0v) is 14.6. The molecule has 1 aliphatic rings. The maximum absolute atomic E-state index is 12.3. The number of H-pyrrole nitrogens is 2. The van der Waals surface area contributed by atoms with Crippen LogP contribution in [-0.2, 0) is 13.0 Å². The normalized spacial score (nSPS) is 16.6. The lowest BCUT2D eigenvalue weighted by atomic mass is 9.94. The fourth-order valence-electron chi connectivity index (χ4n) is 3.62. The molecule has 0 saturated heterocycles.